The quantitative estimate of drug-likeness (QED) is 0.564. The zero-order valence-electron chi connectivity index (χ0n) is 14.8. The van der Waals surface area contributed by atoms with Gasteiger partial charge in [-0.3, -0.25) is 9.59 Å². The first kappa shape index (κ1) is 21.7. The Balaban J connectivity index is 0.00000312. The van der Waals surface area contributed by atoms with Crippen molar-refractivity contribution < 1.29 is 47.4 Å². The maximum Gasteiger partial charge on any atom is 0.245 e. The van der Waals surface area contributed by atoms with Crippen molar-refractivity contribution in [3.8, 4) is 0 Å². The number of anilines is 1. The molecule has 4 nitrogen and oxygen atoms in total. The smallest absolute Gasteiger partial charge is 0.245 e. The van der Waals surface area contributed by atoms with Gasteiger partial charge in [0.05, 0.1) is 0 Å². The van der Waals surface area contributed by atoms with Gasteiger partial charge in [-0.15, -0.1) is 6.07 Å². The minimum absolute atomic E-state index is 0. The summed E-state index contributed by atoms with van der Waals surface area (Å²) in [5.41, 5.74) is 1.73. The zero-order valence-corrected chi connectivity index (χ0v) is 17.6. The zero-order chi connectivity index (χ0) is 17.7. The van der Waals surface area contributed by atoms with Crippen LogP contribution in [-0.4, -0.2) is 22.4 Å². The second-order valence-electron chi connectivity index (χ2n) is 6.24. The Morgan fingerprint density at radius 3 is 2.32 bits per heavy atom. The molecule has 0 saturated heterocycles. The van der Waals surface area contributed by atoms with Crippen LogP contribution in [0.4, 0.5) is 5.69 Å². The molecule has 2 aromatic carbocycles. The maximum atomic E-state index is 12.3. The largest absolute Gasteiger partial charge is 0.380 e. The Bertz CT molecular complexity index is 722. The Labute approximate surface area is 173 Å². The molecule has 0 aliphatic heterocycles. The molecule has 0 aliphatic carbocycles. The molecule has 1 atom stereocenters. The van der Waals surface area contributed by atoms with Crippen molar-refractivity contribution in [3.05, 3.63) is 65.2 Å². The fourth-order valence-corrected chi connectivity index (χ4v) is 2.25. The van der Waals surface area contributed by atoms with Crippen molar-refractivity contribution in [2.45, 2.75) is 39.2 Å². The fraction of sp³-hybridized carbons (Fsp3) is 0.300. The molecule has 5 heteroatoms. The first-order valence-corrected chi connectivity index (χ1v) is 7.90. The minimum atomic E-state index is -1.48. The molecule has 2 rings (SSSR count). The average Bonchev–Trinajstić information content (AvgIpc) is 2.55. The number of hydrogen-bond donors (Lipinski definition) is 2. The van der Waals surface area contributed by atoms with Crippen molar-refractivity contribution in [1.82, 2.24) is 0 Å². The number of aryl methyl sites for hydroxylation is 2. The monoisotopic (exact) mass is 413 g/mol. The number of benzene rings is 2. The van der Waals surface area contributed by atoms with Gasteiger partial charge in [0.25, 0.3) is 0 Å². The van der Waals surface area contributed by atoms with Crippen molar-refractivity contribution in [2.24, 2.45) is 0 Å². The molecule has 25 heavy (non-hydrogen) atoms. The standard InChI is InChI=1S/C20H22NO3.Y/c1-14-4-10-18(11-5-14)21-19(23)20(3,24)13-12-16-6-8-17(9-7-16)15(2)22;/h4,6-11,24H,12-13H2,1-3H3,(H,21,23);/q-1;/t20-;/m0./s1. The van der Waals surface area contributed by atoms with Crippen LogP contribution in [0.5, 0.6) is 0 Å². The number of hydrogen-bond acceptors (Lipinski definition) is 3. The summed E-state index contributed by atoms with van der Waals surface area (Å²) in [6, 6.07) is 15.5. The van der Waals surface area contributed by atoms with Crippen LogP contribution in [0, 0.1) is 13.0 Å². The van der Waals surface area contributed by atoms with E-state index < -0.39 is 11.5 Å². The molecular formula is C20H22NO3Y-. The van der Waals surface area contributed by atoms with Crippen LogP contribution >= 0.6 is 0 Å². The summed E-state index contributed by atoms with van der Waals surface area (Å²) >= 11 is 0. The Morgan fingerprint density at radius 1 is 1.16 bits per heavy atom. The Kier molecular flexibility index (Phi) is 8.13. The van der Waals surface area contributed by atoms with Gasteiger partial charge in [0.15, 0.2) is 5.78 Å². The number of carbonyl (C=O) groups excluding carboxylic acids is 2. The summed E-state index contributed by atoms with van der Waals surface area (Å²) in [6.07, 6.45) is 0.826. The van der Waals surface area contributed by atoms with E-state index in [1.165, 1.54) is 13.8 Å². The Morgan fingerprint density at radius 2 is 1.80 bits per heavy atom. The van der Waals surface area contributed by atoms with Gasteiger partial charge >= 0.3 is 0 Å². The number of aliphatic hydroxyl groups is 1. The summed E-state index contributed by atoms with van der Waals surface area (Å²) in [7, 11) is 0. The molecule has 0 fully saturated rings. The normalized spacial score (nSPS) is 12.6. The molecular weight excluding hydrogens is 391 g/mol. The van der Waals surface area contributed by atoms with Gasteiger partial charge in [-0.05, 0) is 32.3 Å². The van der Waals surface area contributed by atoms with Gasteiger partial charge in [-0.25, -0.2) is 0 Å². The molecule has 0 aliphatic rings. The molecule has 0 saturated carbocycles. The third-order valence-electron chi connectivity index (χ3n) is 3.98. The van der Waals surface area contributed by atoms with Crippen molar-refractivity contribution >= 4 is 17.4 Å². The predicted octanol–water partition coefficient (Wildman–Crippen LogP) is 3.32. The molecule has 0 heterocycles. The maximum absolute atomic E-state index is 12.3. The number of amides is 1. The van der Waals surface area contributed by atoms with E-state index in [1.54, 1.807) is 24.3 Å². The fourth-order valence-electron chi connectivity index (χ4n) is 2.25. The van der Waals surface area contributed by atoms with Gasteiger partial charge in [0, 0.05) is 38.3 Å². The second kappa shape index (κ2) is 9.37. The SMILES string of the molecule is CC(=O)c1ccc(CC[C@](C)(O)C(=O)Nc2c[c-]c(C)cc2)cc1.[Y]. The topological polar surface area (TPSA) is 66.4 Å². The van der Waals surface area contributed by atoms with Crippen molar-refractivity contribution in [1.29, 1.82) is 0 Å². The average molecular weight is 413 g/mol. The number of rotatable bonds is 6. The van der Waals surface area contributed by atoms with Crippen molar-refractivity contribution in [2.75, 3.05) is 5.32 Å². The second-order valence-corrected chi connectivity index (χ2v) is 6.24. The third-order valence-corrected chi connectivity index (χ3v) is 3.98. The molecule has 1 amide bonds. The van der Waals surface area contributed by atoms with Crippen LogP contribution in [0.3, 0.4) is 0 Å². The van der Waals surface area contributed by atoms with E-state index in [0.717, 1.165) is 11.1 Å². The summed E-state index contributed by atoms with van der Waals surface area (Å²) in [4.78, 5) is 23.5. The molecule has 2 N–H and O–H groups in total. The summed E-state index contributed by atoms with van der Waals surface area (Å²) in [5.74, 6) is -0.428. The minimum Gasteiger partial charge on any atom is -0.380 e. The number of ketones is 1. The van der Waals surface area contributed by atoms with Gasteiger partial charge in [0.2, 0.25) is 5.91 Å². The summed E-state index contributed by atoms with van der Waals surface area (Å²) in [6.45, 7) is 4.94. The first-order chi connectivity index (χ1) is 11.3. The molecule has 0 bridgehead atoms. The third kappa shape index (κ3) is 6.46. The molecule has 129 valence electrons. The van der Waals surface area contributed by atoms with Gasteiger partial charge < -0.3 is 10.4 Å². The van der Waals surface area contributed by atoms with Crippen LogP contribution in [-0.2, 0) is 43.9 Å². The van der Waals surface area contributed by atoms with E-state index in [9.17, 15) is 14.7 Å². The van der Waals surface area contributed by atoms with E-state index in [-0.39, 0.29) is 44.9 Å². The molecule has 1 radical (unpaired) electrons. The van der Waals surface area contributed by atoms with Gasteiger partial charge in [0.1, 0.15) is 5.60 Å². The summed E-state index contributed by atoms with van der Waals surface area (Å²) < 4.78 is 0. The van der Waals surface area contributed by atoms with Crippen LogP contribution in [0.15, 0.2) is 42.5 Å². The van der Waals surface area contributed by atoms with Crippen LogP contribution in [0.25, 0.3) is 0 Å². The number of Topliss-reactive ketones (excluding diaryl/α,β-unsaturated/α-hetero) is 1. The summed E-state index contributed by atoms with van der Waals surface area (Å²) in [5, 5.41) is 13.1. The number of carbonyl (C=O) groups is 2. The molecule has 2 aromatic rings. The van der Waals surface area contributed by atoms with E-state index in [2.05, 4.69) is 11.4 Å². The predicted molar refractivity (Wildman–Crippen MR) is 94.0 cm³/mol. The number of nitrogens with one attached hydrogen (secondary N) is 1. The molecule has 0 unspecified atom stereocenters. The molecule has 0 spiro atoms. The van der Waals surface area contributed by atoms with E-state index in [4.69, 9.17) is 0 Å². The molecule has 0 aromatic heterocycles. The Hall–Kier alpha value is -1.36. The van der Waals surface area contributed by atoms with E-state index in [1.807, 2.05) is 25.1 Å². The van der Waals surface area contributed by atoms with E-state index >= 15 is 0 Å². The van der Waals surface area contributed by atoms with Gasteiger partial charge in [-0.2, -0.15) is 23.8 Å². The van der Waals surface area contributed by atoms with Crippen LogP contribution < -0.4 is 5.32 Å². The van der Waals surface area contributed by atoms with Gasteiger partial charge in [-0.1, -0.05) is 36.9 Å². The van der Waals surface area contributed by atoms with Crippen LogP contribution in [0.1, 0.15) is 41.8 Å². The van der Waals surface area contributed by atoms with Crippen molar-refractivity contribution in [3.63, 3.8) is 0 Å². The first-order valence-electron chi connectivity index (χ1n) is 7.90. The van der Waals surface area contributed by atoms with Crippen LogP contribution in [0.2, 0.25) is 0 Å². The van der Waals surface area contributed by atoms with E-state index in [0.29, 0.717) is 17.7 Å².